The van der Waals surface area contributed by atoms with Crippen LogP contribution in [0.25, 0.3) is 0 Å². The molecule has 1 unspecified atom stereocenters. The fourth-order valence-electron chi connectivity index (χ4n) is 1.21. The van der Waals surface area contributed by atoms with Gasteiger partial charge in [0.1, 0.15) is 6.23 Å². The summed E-state index contributed by atoms with van der Waals surface area (Å²) in [5.74, 6) is 0. The first-order chi connectivity index (χ1) is 5.83. The third kappa shape index (κ3) is 4.72. The van der Waals surface area contributed by atoms with E-state index in [2.05, 4.69) is 10.6 Å². The lowest BCUT2D eigenvalue weighted by Crippen LogP contribution is -2.44. The van der Waals surface area contributed by atoms with Crippen LogP contribution in [0.5, 0.6) is 0 Å². The first kappa shape index (κ1) is 12.2. The van der Waals surface area contributed by atoms with Gasteiger partial charge < -0.3 is 15.4 Å². The topological polar surface area (TPSA) is 50.4 Å². The van der Waals surface area contributed by atoms with Gasteiger partial charge in [0.2, 0.25) is 0 Å². The van der Waals surface area contributed by atoms with Crippen molar-refractivity contribution in [2.24, 2.45) is 0 Å². The molecular formula is C9H20N2O2. The molecule has 1 atom stereocenters. The fraction of sp³-hybridized carbons (Fsp3) is 0.889. The summed E-state index contributed by atoms with van der Waals surface area (Å²) in [6.07, 6.45) is 3.09. The van der Waals surface area contributed by atoms with E-state index in [4.69, 9.17) is 4.74 Å². The van der Waals surface area contributed by atoms with Crippen LogP contribution in [0.1, 0.15) is 33.6 Å². The van der Waals surface area contributed by atoms with Crippen LogP contribution in [0.3, 0.4) is 0 Å². The zero-order valence-corrected chi connectivity index (χ0v) is 7.43. The molecule has 0 spiro atoms. The maximum Gasteiger partial charge on any atom is 0.316 e. The molecule has 2 N–H and O–H groups in total. The number of nitrogens with one attached hydrogen (secondary N) is 2. The Labute approximate surface area is 80.0 Å². The van der Waals surface area contributed by atoms with E-state index in [1.54, 1.807) is 0 Å². The number of rotatable bonds is 2. The largest absolute Gasteiger partial charge is 0.358 e. The van der Waals surface area contributed by atoms with Gasteiger partial charge in [-0.3, -0.25) is 0 Å². The molecule has 0 bridgehead atoms. The van der Waals surface area contributed by atoms with Crippen molar-refractivity contribution in [1.29, 1.82) is 0 Å². The number of hydrogen-bond donors (Lipinski definition) is 2. The van der Waals surface area contributed by atoms with Crippen molar-refractivity contribution >= 4 is 6.03 Å². The Morgan fingerprint density at radius 1 is 1.54 bits per heavy atom. The van der Waals surface area contributed by atoms with Gasteiger partial charge in [-0.15, -0.1) is 0 Å². The summed E-state index contributed by atoms with van der Waals surface area (Å²) >= 11 is 0. The Morgan fingerprint density at radius 3 is 2.85 bits per heavy atom. The molecule has 1 fully saturated rings. The first-order valence-electron chi connectivity index (χ1n) is 4.49. The van der Waals surface area contributed by atoms with E-state index in [1.807, 2.05) is 6.92 Å². The molecule has 13 heavy (non-hydrogen) atoms. The average molecular weight is 188 g/mol. The lowest BCUT2D eigenvalue weighted by atomic mass is 10.2. The van der Waals surface area contributed by atoms with E-state index in [-0.39, 0.29) is 19.7 Å². The molecule has 2 amide bonds. The van der Waals surface area contributed by atoms with Crippen molar-refractivity contribution in [2.75, 3.05) is 13.2 Å². The lowest BCUT2D eigenvalue weighted by molar-refractivity contribution is 0.00239. The van der Waals surface area contributed by atoms with Crippen molar-refractivity contribution in [3.05, 3.63) is 0 Å². The van der Waals surface area contributed by atoms with Gasteiger partial charge >= 0.3 is 6.03 Å². The lowest BCUT2D eigenvalue weighted by Gasteiger charge is -2.23. The van der Waals surface area contributed by atoms with Crippen molar-refractivity contribution in [2.45, 2.75) is 39.8 Å². The van der Waals surface area contributed by atoms with E-state index in [1.165, 1.54) is 0 Å². The van der Waals surface area contributed by atoms with Gasteiger partial charge in [-0.05, 0) is 26.2 Å². The maximum atomic E-state index is 11.0. The quantitative estimate of drug-likeness (QED) is 0.689. The zero-order valence-electron chi connectivity index (χ0n) is 7.43. The van der Waals surface area contributed by atoms with E-state index in [0.717, 1.165) is 25.9 Å². The maximum absolute atomic E-state index is 11.0. The van der Waals surface area contributed by atoms with Crippen LogP contribution < -0.4 is 10.6 Å². The normalized spacial score (nSPS) is 21.5. The number of urea groups is 1. The summed E-state index contributed by atoms with van der Waals surface area (Å²) < 4.78 is 5.32. The van der Waals surface area contributed by atoms with Gasteiger partial charge in [-0.25, -0.2) is 4.79 Å². The van der Waals surface area contributed by atoms with Crippen LogP contribution in [0, 0.1) is 0 Å². The molecule has 1 aliphatic heterocycles. The number of hydrogen-bond acceptors (Lipinski definition) is 2. The van der Waals surface area contributed by atoms with Gasteiger partial charge in [0.15, 0.2) is 0 Å². The highest BCUT2D eigenvalue weighted by Crippen LogP contribution is 2.09. The summed E-state index contributed by atoms with van der Waals surface area (Å²) in [5, 5.41) is 5.41. The monoisotopic (exact) mass is 188 g/mol. The van der Waals surface area contributed by atoms with Crippen LogP contribution in [0.15, 0.2) is 0 Å². The summed E-state index contributed by atoms with van der Waals surface area (Å²) in [5.41, 5.74) is 0. The first-order valence-corrected chi connectivity index (χ1v) is 4.49. The summed E-state index contributed by atoms with van der Waals surface area (Å²) in [7, 11) is 0. The molecule has 0 aromatic heterocycles. The second-order valence-electron chi connectivity index (χ2n) is 2.86. The second kappa shape index (κ2) is 6.71. The molecule has 0 aromatic carbocycles. The highest BCUT2D eigenvalue weighted by Gasteiger charge is 2.14. The fourth-order valence-corrected chi connectivity index (χ4v) is 1.21. The van der Waals surface area contributed by atoms with Crippen LogP contribution in [-0.4, -0.2) is 25.4 Å². The highest BCUT2D eigenvalue weighted by molar-refractivity contribution is 5.73. The minimum Gasteiger partial charge on any atom is -0.358 e. The number of amides is 2. The van der Waals surface area contributed by atoms with Gasteiger partial charge in [-0.2, -0.15) is 0 Å². The molecule has 0 saturated carbocycles. The van der Waals surface area contributed by atoms with E-state index in [9.17, 15) is 4.79 Å². The average Bonchev–Trinajstić information content (AvgIpc) is 2.06. The number of carbonyl (C=O) groups excluding carboxylic acids is 1. The molecule has 4 heteroatoms. The molecule has 0 aromatic rings. The summed E-state index contributed by atoms with van der Waals surface area (Å²) in [6.45, 7) is 3.30. The SMILES string of the molecule is C.CCNC(=O)NC1CCCCO1. The molecule has 1 saturated heterocycles. The van der Waals surface area contributed by atoms with E-state index < -0.39 is 0 Å². The highest BCUT2D eigenvalue weighted by atomic mass is 16.5. The molecule has 1 rings (SSSR count). The molecule has 78 valence electrons. The van der Waals surface area contributed by atoms with Gasteiger partial charge in [0, 0.05) is 13.2 Å². The van der Waals surface area contributed by atoms with Gasteiger partial charge in [0.05, 0.1) is 0 Å². The van der Waals surface area contributed by atoms with Crippen LogP contribution in [0.4, 0.5) is 4.79 Å². The molecule has 4 nitrogen and oxygen atoms in total. The number of ether oxygens (including phenoxy) is 1. The third-order valence-corrected chi connectivity index (χ3v) is 1.81. The molecule has 0 radical (unpaired) electrons. The van der Waals surface area contributed by atoms with Gasteiger partial charge in [-0.1, -0.05) is 7.43 Å². The smallest absolute Gasteiger partial charge is 0.316 e. The van der Waals surface area contributed by atoms with Gasteiger partial charge in [0.25, 0.3) is 0 Å². The molecule has 0 aliphatic carbocycles. The van der Waals surface area contributed by atoms with Crippen molar-refractivity contribution in [3.8, 4) is 0 Å². The van der Waals surface area contributed by atoms with Crippen molar-refractivity contribution in [3.63, 3.8) is 0 Å². The number of carbonyl (C=O) groups is 1. The van der Waals surface area contributed by atoms with E-state index >= 15 is 0 Å². The summed E-state index contributed by atoms with van der Waals surface area (Å²) in [6, 6.07) is -0.135. The predicted octanol–water partition coefficient (Wildman–Crippen LogP) is 1.47. The second-order valence-corrected chi connectivity index (χ2v) is 2.86. The van der Waals surface area contributed by atoms with Crippen LogP contribution in [0.2, 0.25) is 0 Å². The van der Waals surface area contributed by atoms with Crippen molar-refractivity contribution in [1.82, 2.24) is 10.6 Å². The molecular weight excluding hydrogens is 168 g/mol. The standard InChI is InChI=1S/C8H16N2O2.CH4/c1-2-9-8(11)10-7-5-3-4-6-12-7;/h7H,2-6H2,1H3,(H2,9,10,11);1H4. The minimum atomic E-state index is -0.135. The Bertz CT molecular complexity index is 145. The Balaban J connectivity index is 0.00000144. The van der Waals surface area contributed by atoms with Crippen LogP contribution in [-0.2, 0) is 4.74 Å². The summed E-state index contributed by atoms with van der Waals surface area (Å²) in [4.78, 5) is 11.0. The van der Waals surface area contributed by atoms with E-state index in [0.29, 0.717) is 6.54 Å². The Morgan fingerprint density at radius 2 is 2.31 bits per heavy atom. The molecule has 1 aliphatic rings. The minimum absolute atomic E-state index is 0. The van der Waals surface area contributed by atoms with Crippen molar-refractivity contribution < 1.29 is 9.53 Å². The predicted molar refractivity (Wildman–Crippen MR) is 52.5 cm³/mol. The third-order valence-electron chi connectivity index (χ3n) is 1.81. The zero-order chi connectivity index (χ0) is 8.81. The molecule has 1 heterocycles. The Kier molecular flexibility index (Phi) is 6.32. The Hall–Kier alpha value is -0.770. The van der Waals surface area contributed by atoms with Crippen LogP contribution >= 0.6 is 0 Å².